The van der Waals surface area contributed by atoms with Crippen LogP contribution in [-0.4, -0.2) is 9.97 Å². The Morgan fingerprint density at radius 1 is 0.706 bits per heavy atom. The summed E-state index contributed by atoms with van der Waals surface area (Å²) in [4.78, 5) is 13.7. The minimum Gasteiger partial charge on any atom is -0.249 e. The van der Waals surface area contributed by atoms with Gasteiger partial charge in [0.25, 0.3) is 0 Å². The summed E-state index contributed by atoms with van der Waals surface area (Å²) >= 11 is 5.29. The predicted molar refractivity (Wildman–Crippen MR) is 76.0 cm³/mol. The van der Waals surface area contributed by atoms with Crippen LogP contribution in [0, 0.1) is 13.8 Å². The van der Waals surface area contributed by atoms with Crippen LogP contribution in [-0.2, 0) is 0 Å². The molecule has 3 aromatic heterocycles. The Hall–Kier alpha value is -1.04. The van der Waals surface area contributed by atoms with E-state index in [4.69, 9.17) is 0 Å². The number of aryl methyl sites for hydroxylation is 2. The van der Waals surface area contributed by atoms with Crippen LogP contribution in [0.5, 0.6) is 0 Å². The lowest BCUT2D eigenvalue weighted by molar-refractivity contribution is 1.30. The van der Waals surface area contributed by atoms with Gasteiger partial charge in [-0.05, 0) is 26.0 Å². The smallest absolute Gasteiger partial charge is 0.0900 e. The summed E-state index contributed by atoms with van der Waals surface area (Å²) in [5.74, 6) is 0. The van der Waals surface area contributed by atoms with Crippen LogP contribution in [0.25, 0.3) is 19.5 Å². The van der Waals surface area contributed by atoms with E-state index in [1.54, 1.807) is 34.0 Å². The van der Waals surface area contributed by atoms with E-state index in [-0.39, 0.29) is 0 Å². The zero-order chi connectivity index (χ0) is 11.8. The summed E-state index contributed by atoms with van der Waals surface area (Å²) in [7, 11) is 0. The first-order chi connectivity index (χ1) is 8.22. The molecule has 0 saturated carbocycles. The number of thiophene rings is 1. The zero-order valence-electron chi connectivity index (χ0n) is 9.43. The first kappa shape index (κ1) is 11.1. The third-order valence-electron chi connectivity index (χ3n) is 2.33. The molecule has 0 aliphatic rings. The maximum absolute atomic E-state index is 4.29. The van der Waals surface area contributed by atoms with E-state index in [0.29, 0.717) is 0 Å². The molecule has 0 bridgehead atoms. The van der Waals surface area contributed by atoms with Crippen molar-refractivity contribution < 1.29 is 0 Å². The molecule has 3 aromatic rings. The highest BCUT2D eigenvalue weighted by Gasteiger charge is 2.08. The average molecular weight is 278 g/mol. The minimum atomic E-state index is 1.11. The van der Waals surface area contributed by atoms with Gasteiger partial charge in [0.15, 0.2) is 0 Å². The van der Waals surface area contributed by atoms with Crippen molar-refractivity contribution in [2.75, 3.05) is 0 Å². The summed E-state index contributed by atoms with van der Waals surface area (Å²) in [5, 5.41) is 2.23. The van der Waals surface area contributed by atoms with Crippen molar-refractivity contribution in [3.63, 3.8) is 0 Å². The largest absolute Gasteiger partial charge is 0.249 e. The van der Waals surface area contributed by atoms with E-state index in [0.717, 1.165) is 10.0 Å². The quantitative estimate of drug-likeness (QED) is 0.684. The second-order valence-corrected chi connectivity index (χ2v) is 7.20. The molecule has 17 heavy (non-hydrogen) atoms. The Bertz CT molecular complexity index is 593. The normalized spacial score (nSPS) is 10.9. The highest BCUT2D eigenvalue weighted by Crippen LogP contribution is 2.38. The Morgan fingerprint density at radius 3 is 1.53 bits per heavy atom. The van der Waals surface area contributed by atoms with E-state index in [9.17, 15) is 0 Å². The number of hydrogen-bond acceptors (Lipinski definition) is 5. The second kappa shape index (κ2) is 4.33. The Kier molecular flexibility index (Phi) is 2.82. The van der Waals surface area contributed by atoms with Crippen LogP contribution in [0.1, 0.15) is 10.0 Å². The maximum atomic E-state index is 4.29. The second-order valence-electron chi connectivity index (χ2n) is 3.65. The molecule has 3 rings (SSSR count). The molecule has 0 atom stereocenters. The molecule has 0 aliphatic heterocycles. The van der Waals surface area contributed by atoms with E-state index < -0.39 is 0 Å². The van der Waals surface area contributed by atoms with Gasteiger partial charge in [0.2, 0.25) is 0 Å². The summed E-state index contributed by atoms with van der Waals surface area (Å²) in [6.45, 7) is 4.07. The van der Waals surface area contributed by atoms with Gasteiger partial charge in [0, 0.05) is 22.1 Å². The SMILES string of the molecule is Cc1ncc(-c2ccc(-c3cnc(C)s3)s2)s1. The lowest BCUT2D eigenvalue weighted by Gasteiger charge is -1.88. The van der Waals surface area contributed by atoms with Crippen LogP contribution in [0.4, 0.5) is 0 Å². The highest BCUT2D eigenvalue weighted by molar-refractivity contribution is 7.26. The lowest BCUT2D eigenvalue weighted by Crippen LogP contribution is -1.59. The number of hydrogen-bond donors (Lipinski definition) is 0. The van der Waals surface area contributed by atoms with Gasteiger partial charge >= 0.3 is 0 Å². The Morgan fingerprint density at radius 2 is 1.18 bits per heavy atom. The summed E-state index contributed by atoms with van der Waals surface area (Å²) in [6, 6.07) is 4.34. The number of thiazole rings is 2. The topological polar surface area (TPSA) is 25.8 Å². The van der Waals surface area contributed by atoms with Gasteiger partial charge in [-0.2, -0.15) is 0 Å². The lowest BCUT2D eigenvalue weighted by atomic mass is 10.4. The molecule has 86 valence electrons. The van der Waals surface area contributed by atoms with Gasteiger partial charge in [0.1, 0.15) is 0 Å². The van der Waals surface area contributed by atoms with Crippen molar-refractivity contribution in [1.29, 1.82) is 0 Å². The average Bonchev–Trinajstić information content (AvgIpc) is 2.96. The van der Waals surface area contributed by atoms with Gasteiger partial charge in [-0.3, -0.25) is 0 Å². The number of rotatable bonds is 2. The molecule has 5 heteroatoms. The van der Waals surface area contributed by atoms with Crippen LogP contribution in [0.3, 0.4) is 0 Å². The fraction of sp³-hybridized carbons (Fsp3) is 0.167. The molecule has 0 aliphatic carbocycles. The van der Waals surface area contributed by atoms with Crippen LogP contribution in [0.2, 0.25) is 0 Å². The van der Waals surface area contributed by atoms with Gasteiger partial charge in [-0.1, -0.05) is 0 Å². The molecule has 0 saturated heterocycles. The molecule has 0 fully saturated rings. The third-order valence-corrected chi connectivity index (χ3v) is 5.64. The van der Waals surface area contributed by atoms with E-state index in [2.05, 4.69) is 22.1 Å². The van der Waals surface area contributed by atoms with Crippen LogP contribution < -0.4 is 0 Å². The van der Waals surface area contributed by atoms with Gasteiger partial charge in [-0.25, -0.2) is 9.97 Å². The number of nitrogens with zero attached hydrogens (tertiary/aromatic N) is 2. The van der Waals surface area contributed by atoms with Crippen molar-refractivity contribution in [3.05, 3.63) is 34.5 Å². The molecule has 3 heterocycles. The monoisotopic (exact) mass is 278 g/mol. The maximum Gasteiger partial charge on any atom is 0.0900 e. The van der Waals surface area contributed by atoms with Crippen molar-refractivity contribution in [2.45, 2.75) is 13.8 Å². The molecule has 0 unspecified atom stereocenters. The fourth-order valence-corrected chi connectivity index (χ4v) is 4.26. The highest BCUT2D eigenvalue weighted by atomic mass is 32.1. The van der Waals surface area contributed by atoms with E-state index in [1.807, 2.05) is 26.2 Å². The van der Waals surface area contributed by atoms with E-state index >= 15 is 0 Å². The number of aromatic nitrogens is 2. The predicted octanol–water partition coefficient (Wildman–Crippen LogP) is 4.61. The molecule has 0 radical (unpaired) electrons. The molecule has 0 aromatic carbocycles. The Labute approximate surface area is 112 Å². The standard InChI is InChI=1S/C12H10N2S3/c1-7-13-5-11(15-7)9-3-4-10(17-9)12-6-14-8(2)16-12/h3-6H,1-2H3. The molecular weight excluding hydrogens is 268 g/mol. The van der Waals surface area contributed by atoms with Gasteiger partial charge in [-0.15, -0.1) is 34.0 Å². The first-order valence-electron chi connectivity index (χ1n) is 5.18. The van der Waals surface area contributed by atoms with E-state index in [1.165, 1.54) is 19.5 Å². The molecule has 0 N–H and O–H groups in total. The van der Waals surface area contributed by atoms with Gasteiger partial charge in [0.05, 0.1) is 19.8 Å². The molecule has 0 amide bonds. The summed E-state index contributed by atoms with van der Waals surface area (Å²) in [5.41, 5.74) is 0. The third kappa shape index (κ3) is 2.18. The summed E-state index contributed by atoms with van der Waals surface area (Å²) in [6.07, 6.45) is 3.90. The summed E-state index contributed by atoms with van der Waals surface area (Å²) < 4.78 is 0. The van der Waals surface area contributed by atoms with Crippen molar-refractivity contribution >= 4 is 34.0 Å². The fourth-order valence-electron chi connectivity index (χ4n) is 1.55. The van der Waals surface area contributed by atoms with Crippen LogP contribution >= 0.6 is 34.0 Å². The molecule has 2 nitrogen and oxygen atoms in total. The van der Waals surface area contributed by atoms with Crippen LogP contribution in [0.15, 0.2) is 24.5 Å². The van der Waals surface area contributed by atoms with Crippen molar-refractivity contribution in [1.82, 2.24) is 9.97 Å². The van der Waals surface area contributed by atoms with Crippen molar-refractivity contribution in [2.24, 2.45) is 0 Å². The first-order valence-corrected chi connectivity index (χ1v) is 7.63. The zero-order valence-corrected chi connectivity index (χ0v) is 11.9. The molecule has 0 spiro atoms. The van der Waals surface area contributed by atoms with Crippen molar-refractivity contribution in [3.8, 4) is 19.5 Å². The van der Waals surface area contributed by atoms with Gasteiger partial charge < -0.3 is 0 Å². The minimum absolute atomic E-state index is 1.11. The Balaban J connectivity index is 1.98. The molecular formula is C12H10N2S3.